The summed E-state index contributed by atoms with van der Waals surface area (Å²) >= 11 is 0. The normalized spacial score (nSPS) is 12.3. The number of ether oxygens (including phenoxy) is 1. The maximum Gasteiger partial charge on any atom is 0.432 e. The van der Waals surface area contributed by atoms with Crippen molar-refractivity contribution in [1.29, 1.82) is 0 Å². The zero-order valence-corrected chi connectivity index (χ0v) is 20.5. The molecule has 0 heterocycles. The van der Waals surface area contributed by atoms with E-state index in [-0.39, 0.29) is 5.56 Å². The average Bonchev–Trinajstić information content (AvgIpc) is 2.93. The summed E-state index contributed by atoms with van der Waals surface area (Å²) < 4.78 is 134. The van der Waals surface area contributed by atoms with Crippen LogP contribution in [0.5, 0.6) is 5.75 Å². The van der Waals surface area contributed by atoms with Crippen LogP contribution in [0.3, 0.4) is 0 Å². The van der Waals surface area contributed by atoms with Gasteiger partial charge in [-0.15, -0.1) is 0 Å². The molecule has 1 nitrogen and oxygen atoms in total. The predicted molar refractivity (Wildman–Crippen MR) is 131 cm³/mol. The molecule has 0 aliphatic carbocycles. The lowest BCUT2D eigenvalue weighted by Gasteiger charge is -2.20. The molecular weight excluding hydrogens is 528 g/mol. The number of unbranched alkanes of at least 4 members (excludes halogenated alkanes) is 2. The van der Waals surface area contributed by atoms with E-state index in [0.717, 1.165) is 37.3 Å². The number of aryl methyl sites for hydroxylation is 1. The first kappa shape index (κ1) is 25.4. The topological polar surface area (TPSA) is 9.23 Å². The highest BCUT2D eigenvalue weighted by Crippen LogP contribution is 2.38. The lowest BCUT2D eigenvalue weighted by Crippen LogP contribution is -2.25. The number of hydrogen-bond acceptors (Lipinski definition) is 1. The van der Waals surface area contributed by atoms with Crippen LogP contribution in [0.25, 0.3) is 22.3 Å². The molecule has 0 saturated carbocycles. The van der Waals surface area contributed by atoms with E-state index in [1.165, 1.54) is 12.1 Å². The van der Waals surface area contributed by atoms with E-state index in [1.807, 2.05) is 24.3 Å². The molecule has 0 spiro atoms. The van der Waals surface area contributed by atoms with Crippen molar-refractivity contribution < 1.29 is 42.6 Å². The molecule has 4 aromatic carbocycles. The highest BCUT2D eigenvalue weighted by molar-refractivity contribution is 5.71. The van der Waals surface area contributed by atoms with Crippen molar-refractivity contribution in [1.82, 2.24) is 0 Å². The van der Waals surface area contributed by atoms with Gasteiger partial charge in [0.25, 0.3) is 0 Å². The van der Waals surface area contributed by atoms with Crippen molar-refractivity contribution in [2.75, 3.05) is 0 Å². The first-order valence-electron chi connectivity index (χ1n) is 12.9. The van der Waals surface area contributed by atoms with Gasteiger partial charge in [-0.05, 0) is 53.3 Å². The predicted octanol–water partition coefficient (Wildman–Crippen LogP) is 9.72. The van der Waals surface area contributed by atoms with E-state index in [9.17, 15) is 30.7 Å². The second kappa shape index (κ2) is 11.5. The molecule has 0 aliphatic heterocycles. The lowest BCUT2D eigenvalue weighted by atomic mass is 9.97. The first-order valence-corrected chi connectivity index (χ1v) is 11.9. The van der Waals surface area contributed by atoms with Crippen LogP contribution < -0.4 is 4.74 Å². The molecule has 0 radical (unpaired) electrons. The molecule has 0 aromatic heterocycles. The van der Waals surface area contributed by atoms with Gasteiger partial charge in [0, 0.05) is 17.6 Å². The number of halogens is 8. The van der Waals surface area contributed by atoms with Gasteiger partial charge in [0.15, 0.2) is 17.5 Å². The Kier molecular flexibility index (Phi) is 7.47. The van der Waals surface area contributed by atoms with Crippen molar-refractivity contribution in [2.45, 2.75) is 38.7 Å². The molecule has 0 saturated heterocycles. The van der Waals surface area contributed by atoms with E-state index < -0.39 is 70.0 Å². The first-order chi connectivity index (χ1) is 19.4. The Balaban J connectivity index is 1.62. The quantitative estimate of drug-likeness (QED) is 0.114. The van der Waals surface area contributed by atoms with Crippen LogP contribution in [-0.2, 0) is 12.5 Å². The zero-order chi connectivity index (χ0) is 30.1. The minimum atomic E-state index is -5.00. The van der Waals surface area contributed by atoms with Gasteiger partial charge >= 0.3 is 6.11 Å². The van der Waals surface area contributed by atoms with Crippen LogP contribution in [0.4, 0.5) is 35.1 Å². The lowest BCUT2D eigenvalue weighted by molar-refractivity contribution is -0.189. The van der Waals surface area contributed by atoms with Crippen molar-refractivity contribution in [3.8, 4) is 28.0 Å². The standard InChI is InChI=1S/C30H22F8O/c1-2-3-4-5-17-6-8-18(9-7-17)19-10-11-22(23(31)12-19)20-13-24(32)28(25(33)14-20)30(37,38)39-21-15-26(34)29(36)27(35)16-21/h6-16H,2-5H2,1H3/i15D,16D. The number of rotatable bonds is 9. The van der Waals surface area contributed by atoms with Crippen LogP contribution in [-0.4, -0.2) is 0 Å². The Morgan fingerprint density at radius 3 is 1.82 bits per heavy atom. The highest BCUT2D eigenvalue weighted by atomic mass is 19.3. The average molecular weight is 553 g/mol. The second-order valence-electron chi connectivity index (χ2n) is 8.80. The Morgan fingerprint density at radius 1 is 0.692 bits per heavy atom. The van der Waals surface area contributed by atoms with Crippen molar-refractivity contribution in [3.05, 3.63) is 113 Å². The molecule has 9 heteroatoms. The molecule has 39 heavy (non-hydrogen) atoms. The summed E-state index contributed by atoms with van der Waals surface area (Å²) in [6, 6.07) is 8.65. The maximum absolute atomic E-state index is 15.0. The van der Waals surface area contributed by atoms with Crippen LogP contribution in [0.2, 0.25) is 0 Å². The van der Waals surface area contributed by atoms with Crippen molar-refractivity contribution in [2.24, 2.45) is 0 Å². The third-order valence-corrected chi connectivity index (χ3v) is 6.03. The largest absolute Gasteiger partial charge is 0.432 e. The third-order valence-electron chi connectivity index (χ3n) is 6.03. The number of benzene rings is 4. The van der Waals surface area contributed by atoms with Gasteiger partial charge in [-0.25, -0.2) is 26.3 Å². The van der Waals surface area contributed by atoms with Crippen molar-refractivity contribution >= 4 is 0 Å². The fraction of sp³-hybridized carbons (Fsp3) is 0.200. The maximum atomic E-state index is 15.0. The molecule has 0 atom stereocenters. The summed E-state index contributed by atoms with van der Waals surface area (Å²) in [5.74, 6) is -13.2. The van der Waals surface area contributed by atoms with Crippen LogP contribution in [0, 0.1) is 34.9 Å². The SMILES string of the molecule is [2H]c1c(F)c(F)c(F)c([2H])c1OC(F)(F)c1c(F)cc(-c2ccc(-c3ccc(CCCCC)cc3)cc2F)cc1F. The highest BCUT2D eigenvalue weighted by Gasteiger charge is 2.41. The molecule has 0 amide bonds. The second-order valence-corrected chi connectivity index (χ2v) is 8.80. The Labute approximate surface area is 222 Å². The molecule has 4 aromatic rings. The van der Waals surface area contributed by atoms with Gasteiger partial charge < -0.3 is 4.74 Å². The molecule has 0 aliphatic rings. The van der Waals surface area contributed by atoms with Crippen LogP contribution in [0.1, 0.15) is 40.1 Å². The summed E-state index contributed by atoms with van der Waals surface area (Å²) in [5, 5.41) is 0. The Hall–Kier alpha value is -3.88. The van der Waals surface area contributed by atoms with Gasteiger partial charge in [0.1, 0.15) is 28.8 Å². The van der Waals surface area contributed by atoms with Gasteiger partial charge in [-0.3, -0.25) is 0 Å². The van der Waals surface area contributed by atoms with Crippen LogP contribution >= 0.6 is 0 Å². The Bertz CT molecular complexity index is 1540. The van der Waals surface area contributed by atoms with Gasteiger partial charge in [-0.2, -0.15) is 8.78 Å². The minimum absolute atomic E-state index is 0.303. The van der Waals surface area contributed by atoms with Gasteiger partial charge in [0.05, 0.1) is 2.74 Å². The molecule has 204 valence electrons. The number of alkyl halides is 2. The minimum Gasteiger partial charge on any atom is -0.429 e. The summed E-state index contributed by atoms with van der Waals surface area (Å²) in [6.07, 6.45) is -0.851. The molecule has 0 N–H and O–H groups in total. The molecular formula is C30H22F8O. The fourth-order valence-corrected chi connectivity index (χ4v) is 4.05. The molecule has 0 bridgehead atoms. The van der Waals surface area contributed by atoms with E-state index in [4.69, 9.17) is 2.74 Å². The van der Waals surface area contributed by atoms with Crippen LogP contribution in [0.15, 0.2) is 66.7 Å². The van der Waals surface area contributed by atoms with Crippen molar-refractivity contribution in [3.63, 3.8) is 0 Å². The van der Waals surface area contributed by atoms with Gasteiger partial charge in [0.2, 0.25) is 0 Å². The summed E-state index contributed by atoms with van der Waals surface area (Å²) in [5.41, 5.74) is -0.477. The van der Waals surface area contributed by atoms with E-state index in [1.54, 1.807) is 0 Å². The Morgan fingerprint density at radius 2 is 1.26 bits per heavy atom. The zero-order valence-electron chi connectivity index (χ0n) is 22.5. The fourth-order valence-electron chi connectivity index (χ4n) is 4.05. The monoisotopic (exact) mass is 552 g/mol. The summed E-state index contributed by atoms with van der Waals surface area (Å²) in [6.45, 7) is 2.11. The third kappa shape index (κ3) is 6.24. The van der Waals surface area contributed by atoms with E-state index in [2.05, 4.69) is 11.7 Å². The van der Waals surface area contributed by atoms with E-state index >= 15 is 4.39 Å². The van der Waals surface area contributed by atoms with E-state index in [0.29, 0.717) is 23.3 Å². The smallest absolute Gasteiger partial charge is 0.429 e. The molecule has 0 fully saturated rings. The molecule has 0 unspecified atom stereocenters. The van der Waals surface area contributed by atoms with Gasteiger partial charge in [-0.1, -0.05) is 56.2 Å². The summed E-state index contributed by atoms with van der Waals surface area (Å²) in [7, 11) is 0. The number of hydrogen-bond donors (Lipinski definition) is 0. The molecule has 4 rings (SSSR count). The summed E-state index contributed by atoms with van der Waals surface area (Å²) in [4.78, 5) is 0.